The van der Waals surface area contributed by atoms with Crippen LogP contribution in [0.2, 0.25) is 10.0 Å². The molecule has 2 unspecified atom stereocenters. The van der Waals surface area contributed by atoms with Crippen LogP contribution in [0.1, 0.15) is 35.6 Å². The first-order valence-corrected chi connectivity index (χ1v) is 10.9. The van der Waals surface area contributed by atoms with Crippen molar-refractivity contribution in [3.8, 4) is 0 Å². The first-order chi connectivity index (χ1) is 14.4. The van der Waals surface area contributed by atoms with E-state index in [0.717, 1.165) is 36.7 Å². The number of hydrogen-bond donors (Lipinski definition) is 0. The second-order valence-corrected chi connectivity index (χ2v) is 8.90. The maximum Gasteiger partial charge on any atom is 0.126 e. The third kappa shape index (κ3) is 4.63. The van der Waals surface area contributed by atoms with Crippen molar-refractivity contribution in [1.82, 2.24) is 0 Å². The fraction of sp³-hybridized carbons (Fsp3) is 0.280. The summed E-state index contributed by atoms with van der Waals surface area (Å²) in [6, 6.07) is 17.8. The highest BCUT2D eigenvalue weighted by atomic mass is 35.5. The maximum atomic E-state index is 14.2. The normalized spacial score (nSPS) is 19.2. The molecule has 0 spiro atoms. The Morgan fingerprint density at radius 2 is 1.70 bits per heavy atom. The van der Waals surface area contributed by atoms with Crippen LogP contribution in [0.4, 0.5) is 14.5 Å². The number of aryl methyl sites for hydroxylation is 1. The van der Waals surface area contributed by atoms with Crippen molar-refractivity contribution in [1.29, 1.82) is 0 Å². The van der Waals surface area contributed by atoms with Crippen molar-refractivity contribution in [2.24, 2.45) is 5.92 Å². The predicted octanol–water partition coefficient (Wildman–Crippen LogP) is 7.78. The van der Waals surface area contributed by atoms with Gasteiger partial charge in [-0.2, -0.15) is 0 Å². The van der Waals surface area contributed by atoms with Gasteiger partial charge in [0.15, 0.2) is 0 Å². The SMILES string of the molecule is Cc1ccc(N2CC(Cc3cc(F)ccc3F)CCC2c2ccc(Cl)cc2Cl)cc1. The Bertz CT molecular complexity index is 1040. The molecule has 1 aliphatic heterocycles. The average Bonchev–Trinajstić information content (AvgIpc) is 2.72. The predicted molar refractivity (Wildman–Crippen MR) is 121 cm³/mol. The van der Waals surface area contributed by atoms with Gasteiger partial charge in [0.1, 0.15) is 11.6 Å². The fourth-order valence-corrected chi connectivity index (χ4v) is 4.87. The Morgan fingerprint density at radius 3 is 2.43 bits per heavy atom. The third-order valence-electron chi connectivity index (χ3n) is 5.88. The molecule has 2 atom stereocenters. The minimum Gasteiger partial charge on any atom is -0.364 e. The van der Waals surface area contributed by atoms with Crippen LogP contribution >= 0.6 is 23.2 Å². The van der Waals surface area contributed by atoms with E-state index in [0.29, 0.717) is 22.0 Å². The monoisotopic (exact) mass is 445 g/mol. The van der Waals surface area contributed by atoms with Crippen molar-refractivity contribution >= 4 is 28.9 Å². The fourth-order valence-electron chi connectivity index (χ4n) is 4.34. The van der Waals surface area contributed by atoms with E-state index in [1.165, 1.54) is 17.7 Å². The van der Waals surface area contributed by atoms with E-state index in [1.54, 1.807) is 6.07 Å². The summed E-state index contributed by atoms with van der Waals surface area (Å²) in [5, 5.41) is 1.26. The van der Waals surface area contributed by atoms with Crippen molar-refractivity contribution in [3.63, 3.8) is 0 Å². The van der Waals surface area contributed by atoms with Crippen molar-refractivity contribution < 1.29 is 8.78 Å². The number of nitrogens with zero attached hydrogens (tertiary/aromatic N) is 1. The standard InChI is InChI=1S/C25H23Cl2F2N/c1-16-2-7-21(8-3-16)30-15-17(12-18-13-20(28)6-10-24(18)29)4-11-25(30)22-9-5-19(26)14-23(22)27/h2-3,5-10,13-14,17,25H,4,11-12,15H2,1H3. The number of rotatable bonds is 4. The van der Waals surface area contributed by atoms with Gasteiger partial charge >= 0.3 is 0 Å². The second-order valence-electron chi connectivity index (χ2n) is 8.05. The zero-order chi connectivity index (χ0) is 21.3. The van der Waals surface area contributed by atoms with E-state index in [4.69, 9.17) is 23.2 Å². The minimum absolute atomic E-state index is 0.103. The Labute approximate surface area is 186 Å². The molecule has 0 amide bonds. The molecular weight excluding hydrogens is 423 g/mol. The molecule has 5 heteroatoms. The number of anilines is 1. The molecular formula is C25H23Cl2F2N. The minimum atomic E-state index is -0.400. The van der Waals surface area contributed by atoms with E-state index < -0.39 is 5.82 Å². The van der Waals surface area contributed by atoms with Gasteiger partial charge in [0, 0.05) is 22.3 Å². The Hall–Kier alpha value is -2.10. The molecule has 1 heterocycles. The number of hydrogen-bond acceptors (Lipinski definition) is 1. The van der Waals surface area contributed by atoms with E-state index in [1.807, 2.05) is 12.1 Å². The smallest absolute Gasteiger partial charge is 0.126 e. The summed E-state index contributed by atoms with van der Waals surface area (Å²) in [7, 11) is 0. The van der Waals surface area contributed by atoms with Crippen LogP contribution < -0.4 is 4.90 Å². The molecule has 0 N–H and O–H groups in total. The molecule has 1 aliphatic rings. The highest BCUT2D eigenvalue weighted by Gasteiger charge is 2.31. The molecule has 30 heavy (non-hydrogen) atoms. The zero-order valence-corrected chi connectivity index (χ0v) is 18.2. The van der Waals surface area contributed by atoms with Crippen LogP contribution in [0.3, 0.4) is 0 Å². The number of benzene rings is 3. The quantitative estimate of drug-likeness (QED) is 0.396. The van der Waals surface area contributed by atoms with Gasteiger partial charge in [0.25, 0.3) is 0 Å². The Balaban J connectivity index is 1.64. The number of halogens is 4. The van der Waals surface area contributed by atoms with Crippen molar-refractivity contribution in [2.45, 2.75) is 32.2 Å². The van der Waals surface area contributed by atoms with Crippen LogP contribution in [-0.4, -0.2) is 6.54 Å². The van der Waals surface area contributed by atoms with Crippen LogP contribution in [0.25, 0.3) is 0 Å². The molecule has 0 aromatic heterocycles. The third-order valence-corrected chi connectivity index (χ3v) is 6.45. The Morgan fingerprint density at radius 1 is 0.933 bits per heavy atom. The van der Waals surface area contributed by atoms with Gasteiger partial charge in [-0.1, -0.05) is 47.0 Å². The molecule has 0 radical (unpaired) electrons. The van der Waals surface area contributed by atoms with E-state index in [9.17, 15) is 8.78 Å². The van der Waals surface area contributed by atoms with Gasteiger partial charge in [0.05, 0.1) is 6.04 Å². The van der Waals surface area contributed by atoms with Crippen molar-refractivity contribution in [3.05, 3.63) is 99.0 Å². The molecule has 156 valence electrons. The summed E-state index contributed by atoms with van der Waals surface area (Å²) in [6.07, 6.45) is 2.28. The van der Waals surface area contributed by atoms with Crippen LogP contribution in [0, 0.1) is 24.5 Å². The first-order valence-electron chi connectivity index (χ1n) is 10.1. The van der Waals surface area contributed by atoms with Gasteiger partial charge in [0.2, 0.25) is 0 Å². The summed E-state index contributed by atoms with van der Waals surface area (Å²) in [4.78, 5) is 2.33. The summed E-state index contributed by atoms with van der Waals surface area (Å²) >= 11 is 12.6. The summed E-state index contributed by atoms with van der Waals surface area (Å²) in [5.74, 6) is -0.533. The van der Waals surface area contributed by atoms with Gasteiger partial charge in [-0.25, -0.2) is 8.78 Å². The lowest BCUT2D eigenvalue weighted by Gasteiger charge is -2.42. The average molecular weight is 446 g/mol. The number of piperidine rings is 1. The molecule has 1 saturated heterocycles. The van der Waals surface area contributed by atoms with Crippen LogP contribution in [0.5, 0.6) is 0 Å². The first kappa shape index (κ1) is 21.1. The van der Waals surface area contributed by atoms with Gasteiger partial charge in [-0.3, -0.25) is 0 Å². The molecule has 1 fully saturated rings. The van der Waals surface area contributed by atoms with E-state index in [2.05, 4.69) is 36.1 Å². The summed E-state index contributed by atoms with van der Waals surface area (Å²) in [6.45, 7) is 2.80. The lowest BCUT2D eigenvalue weighted by atomic mass is 9.85. The maximum absolute atomic E-state index is 14.2. The van der Waals surface area contributed by atoms with E-state index >= 15 is 0 Å². The van der Waals surface area contributed by atoms with Gasteiger partial charge in [-0.05, 0) is 85.7 Å². The largest absolute Gasteiger partial charge is 0.364 e. The van der Waals surface area contributed by atoms with Gasteiger partial charge < -0.3 is 4.90 Å². The summed E-state index contributed by atoms with van der Waals surface area (Å²) in [5.41, 5.74) is 3.76. The lowest BCUT2D eigenvalue weighted by molar-refractivity contribution is 0.354. The molecule has 0 saturated carbocycles. The molecule has 3 aromatic rings. The zero-order valence-electron chi connectivity index (χ0n) is 16.7. The van der Waals surface area contributed by atoms with Crippen LogP contribution in [0.15, 0.2) is 60.7 Å². The molecule has 3 aromatic carbocycles. The van der Waals surface area contributed by atoms with Gasteiger partial charge in [-0.15, -0.1) is 0 Å². The topological polar surface area (TPSA) is 3.24 Å². The molecule has 0 aliphatic carbocycles. The highest BCUT2D eigenvalue weighted by Crippen LogP contribution is 2.41. The molecule has 4 rings (SSSR count). The molecule has 1 nitrogen and oxygen atoms in total. The highest BCUT2D eigenvalue weighted by molar-refractivity contribution is 6.35. The van der Waals surface area contributed by atoms with E-state index in [-0.39, 0.29) is 17.8 Å². The summed E-state index contributed by atoms with van der Waals surface area (Å²) < 4.78 is 27.8. The van der Waals surface area contributed by atoms with Crippen molar-refractivity contribution in [2.75, 3.05) is 11.4 Å². The second kappa shape index (κ2) is 8.95. The Kier molecular flexibility index (Phi) is 6.31. The molecule has 0 bridgehead atoms. The lowest BCUT2D eigenvalue weighted by Crippen LogP contribution is -2.39. The van der Waals surface area contributed by atoms with Crippen LogP contribution in [-0.2, 0) is 6.42 Å².